The number of esters is 1. The number of halogens is 1. The molecule has 2 aromatic rings. The van der Waals surface area contributed by atoms with Gasteiger partial charge in [-0.2, -0.15) is 0 Å². The molecule has 0 aromatic heterocycles. The van der Waals surface area contributed by atoms with Crippen molar-refractivity contribution < 1.29 is 22.7 Å². The summed E-state index contributed by atoms with van der Waals surface area (Å²) in [6, 6.07) is 8.54. The van der Waals surface area contributed by atoms with Crippen molar-refractivity contribution in [3.05, 3.63) is 58.1 Å². The Morgan fingerprint density at radius 1 is 1.13 bits per heavy atom. The molecular weight excluding hydrogens is 428 g/mol. The van der Waals surface area contributed by atoms with Gasteiger partial charge in [0.15, 0.2) is 0 Å². The normalized spacial score (nSPS) is 12.2. The Kier molecular flexibility index (Phi) is 7.49. The molecule has 30 heavy (non-hydrogen) atoms. The first-order valence-corrected chi connectivity index (χ1v) is 11.5. The number of hydrogen-bond donors (Lipinski definition) is 1. The number of hydrogen-bond acceptors (Lipinski definition) is 5. The van der Waals surface area contributed by atoms with Crippen LogP contribution in [0.3, 0.4) is 0 Å². The molecule has 2 aromatic carbocycles. The number of ether oxygens (including phenoxy) is 1. The van der Waals surface area contributed by atoms with Gasteiger partial charge in [0.2, 0.25) is 15.9 Å². The van der Waals surface area contributed by atoms with Gasteiger partial charge in [0.05, 0.1) is 29.1 Å². The zero-order valence-corrected chi connectivity index (χ0v) is 19.1. The Labute approximate surface area is 182 Å². The van der Waals surface area contributed by atoms with E-state index < -0.39 is 27.9 Å². The molecule has 0 aliphatic heterocycles. The number of carbonyl (C=O) groups is 2. The van der Waals surface area contributed by atoms with Crippen LogP contribution in [0.15, 0.2) is 36.4 Å². The predicted molar refractivity (Wildman–Crippen MR) is 119 cm³/mol. The fraction of sp³-hybridized carbons (Fsp3) is 0.333. The molecule has 1 atom stereocenters. The largest absolute Gasteiger partial charge is 0.462 e. The van der Waals surface area contributed by atoms with Gasteiger partial charge in [-0.1, -0.05) is 17.7 Å². The molecule has 0 saturated carbocycles. The van der Waals surface area contributed by atoms with Gasteiger partial charge in [0, 0.05) is 5.69 Å². The van der Waals surface area contributed by atoms with Crippen molar-refractivity contribution in [3.8, 4) is 0 Å². The van der Waals surface area contributed by atoms with E-state index in [9.17, 15) is 18.0 Å². The van der Waals surface area contributed by atoms with Gasteiger partial charge in [0.1, 0.15) is 6.04 Å². The Balaban J connectivity index is 2.28. The van der Waals surface area contributed by atoms with Gasteiger partial charge in [0.25, 0.3) is 0 Å². The number of carbonyl (C=O) groups excluding carboxylic acids is 2. The SMILES string of the molecule is CCOC(=O)c1ccc(NC(=O)[C@@H](C)N(c2ccc(C)c(C)c2)S(C)(=O)=O)cc1Cl. The van der Waals surface area contributed by atoms with E-state index in [0.29, 0.717) is 11.4 Å². The molecule has 0 aliphatic rings. The summed E-state index contributed by atoms with van der Waals surface area (Å²) in [4.78, 5) is 24.7. The van der Waals surface area contributed by atoms with Gasteiger partial charge >= 0.3 is 5.97 Å². The minimum atomic E-state index is -3.73. The summed E-state index contributed by atoms with van der Waals surface area (Å²) in [6.45, 7) is 7.19. The maximum absolute atomic E-state index is 12.8. The second-order valence-corrected chi connectivity index (χ2v) is 9.17. The lowest BCUT2D eigenvalue weighted by atomic mass is 10.1. The molecule has 0 heterocycles. The molecule has 9 heteroatoms. The number of amides is 1. The maximum Gasteiger partial charge on any atom is 0.339 e. The van der Waals surface area contributed by atoms with Crippen molar-refractivity contribution in [2.45, 2.75) is 33.7 Å². The minimum Gasteiger partial charge on any atom is -0.462 e. The first kappa shape index (κ1) is 23.7. The number of anilines is 2. The van der Waals surface area contributed by atoms with E-state index >= 15 is 0 Å². The molecule has 7 nitrogen and oxygen atoms in total. The van der Waals surface area contributed by atoms with Gasteiger partial charge in [-0.3, -0.25) is 9.10 Å². The second-order valence-electron chi connectivity index (χ2n) is 6.91. The summed E-state index contributed by atoms with van der Waals surface area (Å²) in [7, 11) is -3.73. The Bertz CT molecular complexity index is 1070. The third-order valence-electron chi connectivity index (χ3n) is 4.57. The number of sulfonamides is 1. The van der Waals surface area contributed by atoms with E-state index in [1.54, 1.807) is 25.1 Å². The molecule has 162 valence electrons. The number of benzene rings is 2. The lowest BCUT2D eigenvalue weighted by Crippen LogP contribution is -2.45. The second kappa shape index (κ2) is 9.49. The molecule has 0 unspecified atom stereocenters. The van der Waals surface area contributed by atoms with E-state index in [2.05, 4.69) is 5.32 Å². The molecule has 1 amide bonds. The number of nitrogens with zero attached hydrogens (tertiary/aromatic N) is 1. The predicted octanol–water partition coefficient (Wildman–Crippen LogP) is 3.93. The highest BCUT2D eigenvalue weighted by molar-refractivity contribution is 7.92. The number of aryl methyl sites for hydroxylation is 2. The molecule has 0 bridgehead atoms. The highest BCUT2D eigenvalue weighted by atomic mass is 35.5. The summed E-state index contributed by atoms with van der Waals surface area (Å²) in [5.41, 5.74) is 2.84. The fourth-order valence-electron chi connectivity index (χ4n) is 2.89. The Morgan fingerprint density at radius 2 is 1.80 bits per heavy atom. The van der Waals surface area contributed by atoms with Crippen LogP contribution in [-0.2, 0) is 19.6 Å². The van der Waals surface area contributed by atoms with Crippen molar-refractivity contribution in [2.75, 3.05) is 22.5 Å². The quantitative estimate of drug-likeness (QED) is 0.642. The third kappa shape index (κ3) is 5.52. The average Bonchev–Trinajstić information content (AvgIpc) is 2.63. The van der Waals surface area contributed by atoms with E-state index in [1.165, 1.54) is 25.1 Å². The van der Waals surface area contributed by atoms with Crippen LogP contribution in [-0.4, -0.2) is 39.2 Å². The molecule has 0 spiro atoms. The van der Waals surface area contributed by atoms with Crippen LogP contribution in [0.1, 0.15) is 35.3 Å². The summed E-state index contributed by atoms with van der Waals surface area (Å²) >= 11 is 6.13. The highest BCUT2D eigenvalue weighted by Crippen LogP contribution is 2.26. The Hall–Kier alpha value is -2.58. The van der Waals surface area contributed by atoms with Crippen molar-refractivity contribution >= 4 is 44.9 Å². The molecule has 0 saturated heterocycles. The molecule has 1 N–H and O–H groups in total. The third-order valence-corrected chi connectivity index (χ3v) is 6.12. The van der Waals surface area contributed by atoms with Gasteiger partial charge in [-0.25, -0.2) is 13.2 Å². The maximum atomic E-state index is 12.8. The van der Waals surface area contributed by atoms with Crippen LogP contribution in [0.2, 0.25) is 5.02 Å². The standard InChI is InChI=1S/C21H25ClN2O5S/c1-6-29-21(26)18-10-8-16(12-19(18)22)23-20(25)15(4)24(30(5,27)28)17-9-7-13(2)14(3)11-17/h7-12,15H,6H2,1-5H3,(H,23,25)/t15-/m1/s1. The highest BCUT2D eigenvalue weighted by Gasteiger charge is 2.29. The summed E-state index contributed by atoms with van der Waals surface area (Å²) in [6.07, 6.45) is 1.05. The van der Waals surface area contributed by atoms with Crippen LogP contribution in [0.5, 0.6) is 0 Å². The van der Waals surface area contributed by atoms with Crippen LogP contribution < -0.4 is 9.62 Å². The van der Waals surface area contributed by atoms with E-state index in [4.69, 9.17) is 16.3 Å². The van der Waals surface area contributed by atoms with Crippen molar-refractivity contribution in [3.63, 3.8) is 0 Å². The lowest BCUT2D eigenvalue weighted by Gasteiger charge is -2.28. The fourth-order valence-corrected chi connectivity index (χ4v) is 4.31. The Morgan fingerprint density at radius 3 is 2.33 bits per heavy atom. The van der Waals surface area contributed by atoms with E-state index in [0.717, 1.165) is 21.7 Å². The summed E-state index contributed by atoms with van der Waals surface area (Å²) in [5.74, 6) is -1.11. The minimum absolute atomic E-state index is 0.119. The van der Waals surface area contributed by atoms with Gasteiger partial charge < -0.3 is 10.1 Å². The molecular formula is C21H25ClN2O5S. The molecule has 0 aliphatic carbocycles. The van der Waals surface area contributed by atoms with E-state index in [1.807, 2.05) is 13.8 Å². The summed E-state index contributed by atoms with van der Waals surface area (Å²) in [5, 5.41) is 2.77. The van der Waals surface area contributed by atoms with Crippen molar-refractivity contribution in [2.24, 2.45) is 0 Å². The zero-order chi connectivity index (χ0) is 22.6. The first-order chi connectivity index (χ1) is 14.0. The monoisotopic (exact) mass is 452 g/mol. The van der Waals surface area contributed by atoms with Crippen LogP contribution in [0.25, 0.3) is 0 Å². The average molecular weight is 453 g/mol. The zero-order valence-electron chi connectivity index (χ0n) is 17.5. The van der Waals surface area contributed by atoms with Crippen LogP contribution >= 0.6 is 11.6 Å². The van der Waals surface area contributed by atoms with Gasteiger partial charge in [-0.15, -0.1) is 0 Å². The molecule has 2 rings (SSSR count). The van der Waals surface area contributed by atoms with Crippen LogP contribution in [0, 0.1) is 13.8 Å². The number of rotatable bonds is 7. The van der Waals surface area contributed by atoms with Gasteiger partial charge in [-0.05, 0) is 69.2 Å². The van der Waals surface area contributed by atoms with Crippen molar-refractivity contribution in [1.82, 2.24) is 0 Å². The smallest absolute Gasteiger partial charge is 0.339 e. The topological polar surface area (TPSA) is 92.8 Å². The first-order valence-electron chi connectivity index (χ1n) is 9.30. The lowest BCUT2D eigenvalue weighted by molar-refractivity contribution is -0.116. The number of nitrogens with one attached hydrogen (secondary N) is 1. The molecule has 0 radical (unpaired) electrons. The summed E-state index contributed by atoms with van der Waals surface area (Å²) < 4.78 is 30.9. The molecule has 0 fully saturated rings. The van der Waals surface area contributed by atoms with E-state index in [-0.39, 0.29) is 17.2 Å². The van der Waals surface area contributed by atoms with Crippen molar-refractivity contribution in [1.29, 1.82) is 0 Å². The van der Waals surface area contributed by atoms with Crippen LogP contribution in [0.4, 0.5) is 11.4 Å².